The lowest BCUT2D eigenvalue weighted by molar-refractivity contribution is -0.119. The van der Waals surface area contributed by atoms with Gasteiger partial charge < -0.3 is 5.32 Å². The number of rotatable bonds is 5. The van der Waals surface area contributed by atoms with Gasteiger partial charge in [-0.3, -0.25) is 9.36 Å². The van der Waals surface area contributed by atoms with E-state index in [1.165, 1.54) is 37.1 Å². The van der Waals surface area contributed by atoms with Crippen molar-refractivity contribution in [2.75, 3.05) is 5.75 Å². The van der Waals surface area contributed by atoms with Gasteiger partial charge in [0, 0.05) is 17.4 Å². The van der Waals surface area contributed by atoms with Crippen LogP contribution >= 0.6 is 11.8 Å². The molecule has 0 bridgehead atoms. The number of aryl methyl sites for hydroxylation is 1. The first-order valence-electron chi connectivity index (χ1n) is 9.39. The molecule has 0 saturated heterocycles. The first-order valence-corrected chi connectivity index (χ1v) is 10.4. The van der Waals surface area contributed by atoms with Gasteiger partial charge in [0.25, 0.3) is 0 Å². The summed E-state index contributed by atoms with van der Waals surface area (Å²) in [5.41, 5.74) is 3.70. The molecule has 0 aliphatic heterocycles. The van der Waals surface area contributed by atoms with E-state index in [9.17, 15) is 4.79 Å². The molecule has 2 aliphatic carbocycles. The van der Waals surface area contributed by atoms with E-state index in [-0.39, 0.29) is 5.91 Å². The Balaban J connectivity index is 1.52. The predicted molar refractivity (Wildman–Crippen MR) is 101 cm³/mol. The summed E-state index contributed by atoms with van der Waals surface area (Å²) in [5, 5.41) is 4.13. The minimum absolute atomic E-state index is 0.137. The number of thioether (sulfide) groups is 1. The number of hydrogen-bond donors (Lipinski definition) is 1. The highest BCUT2D eigenvalue weighted by atomic mass is 32.2. The molecule has 0 unspecified atom stereocenters. The maximum atomic E-state index is 12.3. The van der Waals surface area contributed by atoms with Gasteiger partial charge in [0.2, 0.25) is 5.91 Å². The second-order valence-corrected chi connectivity index (χ2v) is 7.95. The number of carbonyl (C=O) groups excluding carboxylic acids is 1. The summed E-state index contributed by atoms with van der Waals surface area (Å²) in [7, 11) is 0. The molecule has 0 spiro atoms. The average Bonchev–Trinajstić information content (AvgIpc) is 3.27. The van der Waals surface area contributed by atoms with E-state index in [4.69, 9.17) is 4.98 Å². The van der Waals surface area contributed by atoms with Crippen LogP contribution in [0, 0.1) is 0 Å². The third-order valence-electron chi connectivity index (χ3n) is 5.17. The number of imidazole rings is 1. The Kier molecular flexibility index (Phi) is 5.11. The molecule has 1 amide bonds. The number of nitrogens with zero attached hydrogens (tertiary/aromatic N) is 2. The molecule has 4 rings (SSSR count). The van der Waals surface area contributed by atoms with Gasteiger partial charge in [0.15, 0.2) is 5.16 Å². The molecule has 1 saturated carbocycles. The van der Waals surface area contributed by atoms with Gasteiger partial charge in [-0.15, -0.1) is 0 Å². The minimum atomic E-state index is 0.137. The van der Waals surface area contributed by atoms with Crippen molar-refractivity contribution < 1.29 is 4.79 Å². The molecule has 1 aromatic carbocycles. The number of nitrogens with one attached hydrogen (secondary N) is 1. The highest BCUT2D eigenvalue weighted by Gasteiger charge is 2.22. The van der Waals surface area contributed by atoms with Crippen molar-refractivity contribution in [2.24, 2.45) is 0 Å². The van der Waals surface area contributed by atoms with Crippen molar-refractivity contribution >= 4 is 17.7 Å². The van der Waals surface area contributed by atoms with Crippen LogP contribution in [0.2, 0.25) is 0 Å². The molecular formula is C20H25N3OS. The normalized spacial score (nSPS) is 17.4. The number of carbonyl (C=O) groups is 1. The number of amides is 1. The quantitative estimate of drug-likeness (QED) is 0.828. The molecule has 2 aliphatic rings. The Bertz CT molecular complexity index is 735. The van der Waals surface area contributed by atoms with E-state index in [1.807, 2.05) is 6.07 Å². The van der Waals surface area contributed by atoms with Gasteiger partial charge in [-0.1, -0.05) is 42.8 Å². The maximum Gasteiger partial charge on any atom is 0.230 e. The SMILES string of the molecule is O=C(CSc1nc2c(n1-c1ccccc1)CCCC2)NC1CCCC1. The highest BCUT2D eigenvalue weighted by Crippen LogP contribution is 2.30. The maximum absolute atomic E-state index is 12.3. The summed E-state index contributed by atoms with van der Waals surface area (Å²) in [6.07, 6.45) is 9.30. The molecule has 132 valence electrons. The summed E-state index contributed by atoms with van der Waals surface area (Å²) in [6, 6.07) is 10.8. The van der Waals surface area contributed by atoms with Crippen molar-refractivity contribution in [3.05, 3.63) is 41.7 Å². The van der Waals surface area contributed by atoms with Crippen molar-refractivity contribution in [1.29, 1.82) is 0 Å². The van der Waals surface area contributed by atoms with E-state index in [2.05, 4.69) is 34.1 Å². The highest BCUT2D eigenvalue weighted by molar-refractivity contribution is 7.99. The third-order valence-corrected chi connectivity index (χ3v) is 6.11. The topological polar surface area (TPSA) is 46.9 Å². The van der Waals surface area contributed by atoms with E-state index in [0.717, 1.165) is 36.5 Å². The van der Waals surface area contributed by atoms with Gasteiger partial charge in [-0.2, -0.15) is 0 Å². The Morgan fingerprint density at radius 1 is 1.12 bits per heavy atom. The van der Waals surface area contributed by atoms with Gasteiger partial charge in [0.05, 0.1) is 11.4 Å². The molecule has 0 radical (unpaired) electrons. The fraction of sp³-hybridized carbons (Fsp3) is 0.500. The lowest BCUT2D eigenvalue weighted by Gasteiger charge is -2.15. The minimum Gasteiger partial charge on any atom is -0.353 e. The van der Waals surface area contributed by atoms with Crippen LogP contribution in [0.25, 0.3) is 5.69 Å². The predicted octanol–water partition coefficient (Wildman–Crippen LogP) is 3.90. The van der Waals surface area contributed by atoms with E-state index in [1.54, 1.807) is 11.8 Å². The molecule has 1 heterocycles. The van der Waals surface area contributed by atoms with Gasteiger partial charge in [-0.25, -0.2) is 4.98 Å². The Labute approximate surface area is 153 Å². The zero-order chi connectivity index (χ0) is 17.1. The number of aromatic nitrogens is 2. The molecule has 4 nitrogen and oxygen atoms in total. The number of fused-ring (bicyclic) bond motifs is 1. The molecule has 0 atom stereocenters. The van der Waals surface area contributed by atoms with Crippen LogP contribution in [0.1, 0.15) is 49.9 Å². The van der Waals surface area contributed by atoms with Gasteiger partial charge >= 0.3 is 0 Å². The molecule has 1 fully saturated rings. The summed E-state index contributed by atoms with van der Waals surface area (Å²) < 4.78 is 2.27. The second-order valence-electron chi connectivity index (χ2n) is 7.00. The van der Waals surface area contributed by atoms with Crippen LogP contribution in [0.4, 0.5) is 0 Å². The monoisotopic (exact) mass is 355 g/mol. The Hall–Kier alpha value is -1.75. The third kappa shape index (κ3) is 3.76. The lowest BCUT2D eigenvalue weighted by Crippen LogP contribution is -2.33. The summed E-state index contributed by atoms with van der Waals surface area (Å²) in [5.74, 6) is 0.580. The Morgan fingerprint density at radius 3 is 2.68 bits per heavy atom. The fourth-order valence-electron chi connectivity index (χ4n) is 3.93. The number of para-hydroxylation sites is 1. The second kappa shape index (κ2) is 7.65. The van der Waals surface area contributed by atoms with Gasteiger partial charge in [-0.05, 0) is 50.7 Å². The van der Waals surface area contributed by atoms with Crippen molar-refractivity contribution in [3.8, 4) is 5.69 Å². The van der Waals surface area contributed by atoms with E-state index >= 15 is 0 Å². The van der Waals surface area contributed by atoms with Crippen molar-refractivity contribution in [3.63, 3.8) is 0 Å². The summed E-state index contributed by atoms with van der Waals surface area (Å²) >= 11 is 1.57. The number of hydrogen-bond acceptors (Lipinski definition) is 3. The zero-order valence-electron chi connectivity index (χ0n) is 14.5. The average molecular weight is 356 g/mol. The summed E-state index contributed by atoms with van der Waals surface area (Å²) in [6.45, 7) is 0. The van der Waals surface area contributed by atoms with Crippen molar-refractivity contribution in [1.82, 2.24) is 14.9 Å². The fourth-order valence-corrected chi connectivity index (χ4v) is 4.79. The molecule has 1 aromatic heterocycles. The largest absolute Gasteiger partial charge is 0.353 e. The standard InChI is InChI=1S/C20H25N3OS/c24-19(21-15-8-4-5-9-15)14-25-20-22-17-12-6-7-13-18(17)23(20)16-10-2-1-3-11-16/h1-3,10-11,15H,4-9,12-14H2,(H,21,24). The lowest BCUT2D eigenvalue weighted by atomic mass is 10.0. The van der Waals surface area contributed by atoms with Crippen LogP contribution in [0.15, 0.2) is 35.5 Å². The van der Waals surface area contributed by atoms with E-state index < -0.39 is 0 Å². The molecule has 25 heavy (non-hydrogen) atoms. The molecule has 2 aromatic rings. The molecular weight excluding hydrogens is 330 g/mol. The first kappa shape index (κ1) is 16.7. The summed E-state index contributed by atoms with van der Waals surface area (Å²) in [4.78, 5) is 17.2. The Morgan fingerprint density at radius 2 is 1.88 bits per heavy atom. The zero-order valence-corrected chi connectivity index (χ0v) is 15.4. The van der Waals surface area contributed by atoms with E-state index in [0.29, 0.717) is 11.8 Å². The van der Waals surface area contributed by atoms with Crippen LogP contribution in [0.5, 0.6) is 0 Å². The molecule has 5 heteroatoms. The van der Waals surface area contributed by atoms with Crippen LogP contribution in [-0.4, -0.2) is 27.3 Å². The number of benzene rings is 1. The van der Waals surface area contributed by atoms with Crippen molar-refractivity contribution in [2.45, 2.75) is 62.6 Å². The smallest absolute Gasteiger partial charge is 0.230 e. The van der Waals surface area contributed by atoms with Crippen LogP contribution in [-0.2, 0) is 17.6 Å². The first-order chi connectivity index (χ1) is 12.3. The van der Waals surface area contributed by atoms with Crippen LogP contribution < -0.4 is 5.32 Å². The molecule has 1 N–H and O–H groups in total. The van der Waals surface area contributed by atoms with Gasteiger partial charge in [0.1, 0.15) is 0 Å². The van der Waals surface area contributed by atoms with Crippen LogP contribution in [0.3, 0.4) is 0 Å².